The van der Waals surface area contributed by atoms with Gasteiger partial charge < -0.3 is 15.7 Å². The number of carbonyl (C=O) groups is 1. The van der Waals surface area contributed by atoms with Crippen molar-refractivity contribution in [2.75, 3.05) is 13.1 Å². The van der Waals surface area contributed by atoms with Crippen LogP contribution in [-0.4, -0.2) is 38.6 Å². The first kappa shape index (κ1) is 14.8. The summed E-state index contributed by atoms with van der Waals surface area (Å²) in [5.74, 6) is -0.809. The highest BCUT2D eigenvalue weighted by atomic mass is 32.2. The molecular formula is C12H17N3O4S. The molecule has 8 heteroatoms. The number of phenolic OH excluding ortho intramolecular Hbond substituents is 1. The normalized spacial score (nSPS) is 18.9. The molecule has 7 nitrogen and oxygen atoms in total. The number of benzene rings is 1. The van der Waals surface area contributed by atoms with E-state index in [-0.39, 0.29) is 22.3 Å². The quantitative estimate of drug-likeness (QED) is 0.598. The summed E-state index contributed by atoms with van der Waals surface area (Å²) in [6, 6.07) is 3.58. The summed E-state index contributed by atoms with van der Waals surface area (Å²) < 4.78 is 22.5. The highest BCUT2D eigenvalue weighted by molar-refractivity contribution is 7.89. The first-order chi connectivity index (χ1) is 9.38. The van der Waals surface area contributed by atoms with Crippen molar-refractivity contribution in [2.45, 2.75) is 23.8 Å². The second-order valence-corrected chi connectivity index (χ2v) is 6.29. The number of nitrogens with one attached hydrogen (secondary N) is 2. The summed E-state index contributed by atoms with van der Waals surface area (Å²) in [4.78, 5) is 11.8. The number of phenols is 1. The number of aromatic hydroxyl groups is 1. The second kappa shape index (κ2) is 5.78. The minimum Gasteiger partial charge on any atom is -0.507 e. The molecule has 1 heterocycles. The van der Waals surface area contributed by atoms with Gasteiger partial charge in [0.15, 0.2) is 0 Å². The van der Waals surface area contributed by atoms with Crippen molar-refractivity contribution in [3.8, 4) is 5.75 Å². The van der Waals surface area contributed by atoms with Gasteiger partial charge >= 0.3 is 0 Å². The molecule has 1 aliphatic heterocycles. The summed E-state index contributed by atoms with van der Waals surface area (Å²) in [7, 11) is -3.91. The molecule has 1 aliphatic rings. The van der Waals surface area contributed by atoms with E-state index >= 15 is 0 Å². The number of carbonyl (C=O) groups excluding carboxylic acids is 1. The number of nitrogens with two attached hydrogens (primary N) is 1. The van der Waals surface area contributed by atoms with Crippen molar-refractivity contribution in [1.29, 1.82) is 0 Å². The Morgan fingerprint density at radius 2 is 2.25 bits per heavy atom. The van der Waals surface area contributed by atoms with Gasteiger partial charge in [0.1, 0.15) is 5.75 Å². The number of amides is 1. The van der Waals surface area contributed by atoms with Crippen molar-refractivity contribution >= 4 is 15.9 Å². The van der Waals surface area contributed by atoms with Gasteiger partial charge in [-0.1, -0.05) is 0 Å². The van der Waals surface area contributed by atoms with Crippen LogP contribution >= 0.6 is 0 Å². The Morgan fingerprint density at radius 1 is 1.50 bits per heavy atom. The Bertz CT molecular complexity index is 609. The van der Waals surface area contributed by atoms with Crippen LogP contribution in [-0.2, 0) is 10.0 Å². The molecule has 0 radical (unpaired) electrons. The van der Waals surface area contributed by atoms with E-state index in [1.807, 2.05) is 0 Å². The van der Waals surface area contributed by atoms with Gasteiger partial charge in [-0.15, -0.1) is 0 Å². The molecule has 2 rings (SSSR count). The molecule has 5 N–H and O–H groups in total. The van der Waals surface area contributed by atoms with E-state index in [0.717, 1.165) is 37.6 Å². The predicted molar refractivity (Wildman–Crippen MR) is 72.8 cm³/mol. The van der Waals surface area contributed by atoms with E-state index in [2.05, 4.69) is 10.6 Å². The largest absolute Gasteiger partial charge is 0.507 e. The van der Waals surface area contributed by atoms with E-state index in [9.17, 15) is 18.3 Å². The molecule has 1 aromatic carbocycles. The lowest BCUT2D eigenvalue weighted by molar-refractivity contribution is 0.0947. The fourth-order valence-electron chi connectivity index (χ4n) is 2.12. The monoisotopic (exact) mass is 299 g/mol. The molecule has 0 aromatic heterocycles. The summed E-state index contributed by atoms with van der Waals surface area (Å²) in [6.45, 7) is 1.35. The fourth-order valence-corrected chi connectivity index (χ4v) is 2.66. The molecule has 0 spiro atoms. The van der Waals surface area contributed by atoms with Crippen LogP contribution in [0.4, 0.5) is 0 Å². The minimum atomic E-state index is -3.91. The molecule has 1 aromatic rings. The average molecular weight is 299 g/mol. The number of primary sulfonamides is 1. The van der Waals surface area contributed by atoms with Crippen molar-refractivity contribution < 1.29 is 18.3 Å². The third kappa shape index (κ3) is 3.47. The molecule has 20 heavy (non-hydrogen) atoms. The number of hydrogen-bond acceptors (Lipinski definition) is 5. The molecule has 1 saturated heterocycles. The summed E-state index contributed by atoms with van der Waals surface area (Å²) in [5.41, 5.74) is -0.102. The Balaban J connectivity index is 2.12. The maximum absolute atomic E-state index is 12.0. The second-order valence-electron chi connectivity index (χ2n) is 4.73. The van der Waals surface area contributed by atoms with Gasteiger partial charge in [0.05, 0.1) is 10.5 Å². The summed E-state index contributed by atoms with van der Waals surface area (Å²) in [5, 5.41) is 20.5. The first-order valence-corrected chi connectivity index (χ1v) is 7.80. The molecule has 1 amide bonds. The van der Waals surface area contributed by atoms with Crippen LogP contribution in [0.5, 0.6) is 5.75 Å². The molecule has 110 valence electrons. The number of sulfonamides is 1. The Labute approximate surface area is 117 Å². The van der Waals surface area contributed by atoms with Crippen LogP contribution in [0.2, 0.25) is 0 Å². The lowest BCUT2D eigenvalue weighted by Gasteiger charge is -2.12. The average Bonchev–Trinajstić information content (AvgIpc) is 2.88. The topological polar surface area (TPSA) is 122 Å². The van der Waals surface area contributed by atoms with E-state index in [4.69, 9.17) is 5.14 Å². The van der Waals surface area contributed by atoms with Gasteiger partial charge in [0, 0.05) is 12.6 Å². The van der Waals surface area contributed by atoms with Crippen LogP contribution in [0.3, 0.4) is 0 Å². The Kier molecular flexibility index (Phi) is 4.26. The lowest BCUT2D eigenvalue weighted by atomic mass is 10.1. The zero-order chi connectivity index (χ0) is 14.8. The zero-order valence-corrected chi connectivity index (χ0v) is 11.6. The van der Waals surface area contributed by atoms with Crippen LogP contribution < -0.4 is 15.8 Å². The molecule has 1 fully saturated rings. The first-order valence-electron chi connectivity index (χ1n) is 6.25. The highest BCUT2D eigenvalue weighted by Crippen LogP contribution is 2.20. The SMILES string of the molecule is NS(=O)(=O)c1ccc(O)c(C(=O)NCC2CCCN2)c1. The summed E-state index contributed by atoms with van der Waals surface area (Å²) >= 11 is 0. The van der Waals surface area contributed by atoms with Gasteiger partial charge in [-0.05, 0) is 37.6 Å². The lowest BCUT2D eigenvalue weighted by Crippen LogP contribution is -2.37. The maximum atomic E-state index is 12.0. The Hall–Kier alpha value is -1.64. The maximum Gasteiger partial charge on any atom is 0.255 e. The van der Waals surface area contributed by atoms with Gasteiger partial charge in [-0.2, -0.15) is 0 Å². The van der Waals surface area contributed by atoms with Crippen LogP contribution in [0.1, 0.15) is 23.2 Å². The number of hydrogen-bond donors (Lipinski definition) is 4. The molecule has 1 atom stereocenters. The van der Waals surface area contributed by atoms with E-state index in [1.165, 1.54) is 0 Å². The molecular weight excluding hydrogens is 282 g/mol. The van der Waals surface area contributed by atoms with Gasteiger partial charge in [-0.3, -0.25) is 4.79 Å². The molecule has 0 saturated carbocycles. The van der Waals surface area contributed by atoms with E-state index in [1.54, 1.807) is 0 Å². The van der Waals surface area contributed by atoms with Crippen LogP contribution in [0.25, 0.3) is 0 Å². The summed E-state index contributed by atoms with van der Waals surface area (Å²) in [6.07, 6.45) is 2.04. The molecule has 0 aliphatic carbocycles. The Morgan fingerprint density at radius 3 is 2.85 bits per heavy atom. The fraction of sp³-hybridized carbons (Fsp3) is 0.417. The third-order valence-electron chi connectivity index (χ3n) is 3.21. The molecule has 1 unspecified atom stereocenters. The zero-order valence-electron chi connectivity index (χ0n) is 10.8. The van der Waals surface area contributed by atoms with Gasteiger partial charge in [-0.25, -0.2) is 13.6 Å². The van der Waals surface area contributed by atoms with Crippen LogP contribution in [0, 0.1) is 0 Å². The number of rotatable bonds is 4. The van der Waals surface area contributed by atoms with Gasteiger partial charge in [0.2, 0.25) is 10.0 Å². The third-order valence-corrected chi connectivity index (χ3v) is 4.12. The van der Waals surface area contributed by atoms with E-state index in [0.29, 0.717) is 6.54 Å². The van der Waals surface area contributed by atoms with Crippen molar-refractivity contribution in [1.82, 2.24) is 10.6 Å². The highest BCUT2D eigenvalue weighted by Gasteiger charge is 2.19. The predicted octanol–water partition coefficient (Wildman–Crippen LogP) is -0.479. The standard InChI is InChI=1S/C12H17N3O4S/c13-20(18,19)9-3-4-11(16)10(6-9)12(17)15-7-8-2-1-5-14-8/h3-4,6,8,14,16H,1-2,5,7H2,(H,15,17)(H2,13,18,19). The molecule has 0 bridgehead atoms. The van der Waals surface area contributed by atoms with Crippen molar-refractivity contribution in [3.63, 3.8) is 0 Å². The van der Waals surface area contributed by atoms with Crippen molar-refractivity contribution in [2.24, 2.45) is 5.14 Å². The van der Waals surface area contributed by atoms with Crippen LogP contribution in [0.15, 0.2) is 23.1 Å². The van der Waals surface area contributed by atoms with Gasteiger partial charge in [0.25, 0.3) is 5.91 Å². The smallest absolute Gasteiger partial charge is 0.255 e. The van der Waals surface area contributed by atoms with E-state index < -0.39 is 15.9 Å². The minimum absolute atomic E-state index is 0.102. The van der Waals surface area contributed by atoms with Crippen molar-refractivity contribution in [3.05, 3.63) is 23.8 Å².